The van der Waals surface area contributed by atoms with Gasteiger partial charge < -0.3 is 41.4 Å². The third-order valence-corrected chi connectivity index (χ3v) is 6.82. The average molecular weight is 618 g/mol. The fraction of sp³-hybridized carbons (Fsp3) is 0.500. The maximum atomic E-state index is 11.8. The summed E-state index contributed by atoms with van der Waals surface area (Å²) in [4.78, 5) is 44.0. The molecule has 4 aromatic rings. The first kappa shape index (κ1) is 24.6. The molecular formula is C20H27BrN10O8. The Bertz CT molecular complexity index is 1560. The Balaban J connectivity index is 0.000000182. The van der Waals surface area contributed by atoms with Gasteiger partial charge in [0, 0.05) is 15.8 Å². The summed E-state index contributed by atoms with van der Waals surface area (Å²) in [7, 11) is 0. The van der Waals surface area contributed by atoms with Gasteiger partial charge in [0.15, 0.2) is 27.1 Å². The van der Waals surface area contributed by atoms with Crippen LogP contribution in [0, 0.1) is 0 Å². The molecule has 0 unspecified atom stereocenters. The molecule has 0 radical (unpaired) electrons. The quantitative estimate of drug-likeness (QED) is 0.112. The van der Waals surface area contributed by atoms with Crippen LogP contribution in [-0.2, 0) is 9.47 Å². The van der Waals surface area contributed by atoms with Gasteiger partial charge >= 0.3 is 0 Å². The molecule has 19 heteroatoms. The fourth-order valence-electron chi connectivity index (χ4n) is 4.40. The zero-order chi connectivity index (χ0) is 30.9. The number of nitrogen functional groups attached to an aromatic ring is 2. The van der Waals surface area contributed by atoms with Crippen molar-refractivity contribution in [2.45, 2.75) is 49.7 Å². The van der Waals surface area contributed by atoms with E-state index in [9.17, 15) is 19.8 Å². The van der Waals surface area contributed by atoms with E-state index >= 15 is 0 Å². The summed E-state index contributed by atoms with van der Waals surface area (Å²) in [5.74, 6) is -0.130. The molecule has 2 saturated heterocycles. The summed E-state index contributed by atoms with van der Waals surface area (Å²) in [6.45, 7) is -0.633. The van der Waals surface area contributed by atoms with E-state index in [0.29, 0.717) is 4.73 Å². The van der Waals surface area contributed by atoms with Crippen molar-refractivity contribution in [2.75, 3.05) is 24.7 Å². The van der Waals surface area contributed by atoms with Gasteiger partial charge in [-0.15, -0.1) is 0 Å². The van der Waals surface area contributed by atoms with Gasteiger partial charge in [-0.2, -0.15) is 9.97 Å². The second-order valence-electron chi connectivity index (χ2n) is 8.81. The molecule has 4 aromatic heterocycles. The molecular weight excluding hydrogens is 588 g/mol. The van der Waals surface area contributed by atoms with Crippen molar-refractivity contribution in [1.29, 1.82) is 0 Å². The fourth-order valence-corrected chi connectivity index (χ4v) is 4.97. The van der Waals surface area contributed by atoms with Crippen LogP contribution in [0.15, 0.2) is 20.6 Å². The van der Waals surface area contributed by atoms with Crippen molar-refractivity contribution < 1.29 is 34.2 Å². The molecule has 212 valence electrons. The molecule has 0 bridgehead atoms. The average Bonchev–Trinajstić information content (AvgIpc) is 3.68. The molecule has 2 fully saturated rings. The standard InChI is InChI=1S/C10H12BrN5O4.C10H13N5O4.H2/c11-9-13-6-7(14-10(12)15-8(6)19)16(9)5-1-3(18)4(2-17)20-5;11-10-13-8-7(9(18)14-10)12-3-15(8)6-1-4(17)5(2-16)19-6;/h3-5,17-18H,1-2H2,(H3,12,14,15,19);3-6,16-17H,1-2H2,(H3,11,13,14,18);1H/t3-,4+,5+;4-,5+,6+;/m00./s1/i;3D;1+1D. The van der Waals surface area contributed by atoms with Crippen LogP contribution in [0.2, 0.25) is 0 Å². The van der Waals surface area contributed by atoms with E-state index in [1.54, 1.807) is 0 Å². The van der Waals surface area contributed by atoms with E-state index in [4.69, 9.17) is 35.5 Å². The summed E-state index contributed by atoms with van der Waals surface area (Å²) in [5.41, 5.74) is 10.5. The Morgan fingerprint density at radius 1 is 1.00 bits per heavy atom. The highest BCUT2D eigenvalue weighted by molar-refractivity contribution is 9.10. The summed E-state index contributed by atoms with van der Waals surface area (Å²) < 4.78 is 31.9. The topological polar surface area (TPSA) is 279 Å². The van der Waals surface area contributed by atoms with Gasteiger partial charge in [0.25, 0.3) is 11.1 Å². The van der Waals surface area contributed by atoms with Crippen LogP contribution in [0.4, 0.5) is 11.9 Å². The van der Waals surface area contributed by atoms with Crippen molar-refractivity contribution in [3.8, 4) is 0 Å². The predicted molar refractivity (Wildman–Crippen MR) is 138 cm³/mol. The maximum absolute atomic E-state index is 11.8. The van der Waals surface area contributed by atoms with Crippen LogP contribution in [0.5, 0.6) is 0 Å². The molecule has 0 spiro atoms. The van der Waals surface area contributed by atoms with Gasteiger partial charge in [0.05, 0.1) is 31.7 Å². The summed E-state index contributed by atoms with van der Waals surface area (Å²) in [6.07, 6.45) is -4.20. The Morgan fingerprint density at radius 3 is 2.13 bits per heavy atom. The van der Waals surface area contributed by atoms with E-state index in [1.807, 2.05) is 0 Å². The lowest BCUT2D eigenvalue weighted by atomic mass is 10.2. The first-order chi connectivity index (χ1) is 20.0. The number of rotatable bonds is 4. The normalized spacial score (nSPS) is 27.4. The molecule has 0 aromatic carbocycles. The van der Waals surface area contributed by atoms with E-state index in [1.165, 1.54) is 9.13 Å². The Morgan fingerprint density at radius 2 is 1.54 bits per heavy atom. The van der Waals surface area contributed by atoms with E-state index < -0.39 is 48.0 Å². The summed E-state index contributed by atoms with van der Waals surface area (Å²) in [6, 6.07) is 0. The molecule has 6 rings (SSSR count). The number of nitrogens with zero attached hydrogens (tertiary/aromatic N) is 6. The van der Waals surface area contributed by atoms with Gasteiger partial charge in [0.1, 0.15) is 26.0 Å². The minimum atomic E-state index is -0.860. The molecule has 39 heavy (non-hydrogen) atoms. The van der Waals surface area contributed by atoms with Gasteiger partial charge in [0.2, 0.25) is 11.9 Å². The van der Waals surface area contributed by atoms with Gasteiger partial charge in [-0.25, -0.2) is 9.97 Å². The van der Waals surface area contributed by atoms with E-state index in [2.05, 4.69) is 45.8 Å². The monoisotopic (exact) mass is 617 g/mol. The highest BCUT2D eigenvalue weighted by atomic mass is 79.9. The number of aliphatic hydroxyl groups is 4. The molecule has 18 nitrogen and oxygen atoms in total. The first-order valence-corrected chi connectivity index (χ1v) is 12.4. The highest BCUT2D eigenvalue weighted by Gasteiger charge is 2.37. The van der Waals surface area contributed by atoms with Crippen molar-refractivity contribution in [3.05, 3.63) is 31.7 Å². The van der Waals surface area contributed by atoms with Crippen LogP contribution in [0.1, 0.15) is 29.6 Å². The lowest BCUT2D eigenvalue weighted by molar-refractivity contribution is -0.0439. The number of anilines is 2. The van der Waals surface area contributed by atoms with E-state index in [-0.39, 0.29) is 66.6 Å². The number of aromatic nitrogens is 8. The van der Waals surface area contributed by atoms with Crippen LogP contribution in [-0.4, -0.2) is 97.1 Å². The van der Waals surface area contributed by atoms with Gasteiger partial charge in [-0.05, 0) is 15.9 Å². The molecule has 0 aliphatic carbocycles. The largest absolute Gasteiger partial charge is 0.394 e. The predicted octanol–water partition coefficient (Wildman–Crippen LogP) is -2.31. The van der Waals surface area contributed by atoms with Crippen molar-refractivity contribution >= 4 is 50.2 Å². The first-order valence-electron chi connectivity index (χ1n) is 13.1. The number of nitrogens with two attached hydrogens (primary N) is 2. The number of nitrogens with one attached hydrogen (secondary N) is 2. The third-order valence-electron chi connectivity index (χ3n) is 6.26. The van der Waals surface area contributed by atoms with Crippen molar-refractivity contribution in [2.24, 2.45) is 0 Å². The minimum Gasteiger partial charge on any atom is -0.394 e. The highest BCUT2D eigenvalue weighted by Crippen LogP contribution is 2.33. The number of halogens is 1. The summed E-state index contributed by atoms with van der Waals surface area (Å²) >= 11 is 3.23. The second kappa shape index (κ2) is 10.6. The SMILES string of the molecule is Nc1nc2c(nc(Br)n2[C@H]2C[C@H](O)[C@@H](CO)O2)c(=O)[nH]1.[2H][2H].[2H]c1nc2c(=O)[nH]c(N)nc2n1[C@H]1C[C@H](O)[C@@H](CO)O1. The zero-order valence-electron chi connectivity index (χ0n) is 22.9. The number of hydrogen-bond acceptors (Lipinski definition) is 14. The molecule has 2 aliphatic rings. The molecule has 6 heterocycles. The number of imidazole rings is 2. The Kier molecular flexibility index (Phi) is 6.68. The van der Waals surface area contributed by atoms with E-state index in [0.717, 1.165) is 0 Å². The molecule has 10 N–H and O–H groups in total. The number of ether oxygens (including phenoxy) is 2. The van der Waals surface area contributed by atoms with Gasteiger partial charge in [-0.1, -0.05) is 0 Å². The van der Waals surface area contributed by atoms with Crippen molar-refractivity contribution in [3.63, 3.8) is 0 Å². The van der Waals surface area contributed by atoms with Gasteiger partial charge in [-0.3, -0.25) is 28.7 Å². The number of hydrogen-bond donors (Lipinski definition) is 8. The van der Waals surface area contributed by atoms with Crippen molar-refractivity contribution in [1.82, 2.24) is 39.0 Å². The Labute approximate surface area is 229 Å². The number of fused-ring (bicyclic) bond motifs is 2. The van der Waals surface area contributed by atoms with Crippen LogP contribution in [0.25, 0.3) is 22.3 Å². The molecule has 0 amide bonds. The van der Waals surface area contributed by atoms with Crippen LogP contribution in [0.3, 0.4) is 0 Å². The van der Waals surface area contributed by atoms with Crippen LogP contribution >= 0.6 is 15.9 Å². The molecule has 0 saturated carbocycles. The maximum Gasteiger partial charge on any atom is 0.280 e. The zero-order valence-corrected chi connectivity index (χ0v) is 21.5. The number of aliphatic hydroxyl groups excluding tert-OH is 4. The molecule has 6 atom stereocenters. The van der Waals surface area contributed by atoms with Crippen LogP contribution < -0.4 is 22.6 Å². The minimum absolute atomic E-state index is 0.0188. The molecule has 2 aliphatic heterocycles. The smallest absolute Gasteiger partial charge is 0.280 e. The number of aromatic amines is 2. The lowest BCUT2D eigenvalue weighted by Crippen LogP contribution is -2.24. The Hall–Kier alpha value is -3.46. The third kappa shape index (κ3) is 5.00. The lowest BCUT2D eigenvalue weighted by Gasteiger charge is -2.14. The second-order valence-corrected chi connectivity index (χ2v) is 9.52. The number of H-pyrrole nitrogens is 2. The summed E-state index contributed by atoms with van der Waals surface area (Å²) in [5, 5.41) is 37.7.